The van der Waals surface area contributed by atoms with Gasteiger partial charge in [0.1, 0.15) is 0 Å². The second-order valence-corrected chi connectivity index (χ2v) is 9.97. The van der Waals surface area contributed by atoms with E-state index in [2.05, 4.69) is 40.5 Å². The van der Waals surface area contributed by atoms with Gasteiger partial charge in [0.15, 0.2) is 12.4 Å². The maximum atomic E-state index is 12.7. The number of aryl methyl sites for hydroxylation is 2. The Balaban J connectivity index is 1.21. The lowest BCUT2D eigenvalue weighted by Crippen LogP contribution is -2.17. The molecule has 5 rings (SSSR count). The van der Waals surface area contributed by atoms with Gasteiger partial charge >= 0.3 is 0 Å². The molecule has 38 heavy (non-hydrogen) atoms. The van der Waals surface area contributed by atoms with Gasteiger partial charge in [-0.1, -0.05) is 30.3 Å². The Morgan fingerprint density at radius 2 is 1.63 bits per heavy atom. The Hall–Kier alpha value is -4.98. The summed E-state index contributed by atoms with van der Waals surface area (Å²) in [4.78, 5) is 22.2. The predicted octanol–water partition coefficient (Wildman–Crippen LogP) is 2.50. The first-order valence-corrected chi connectivity index (χ1v) is 12.9. The Kier molecular flexibility index (Phi) is 6.62. The first kappa shape index (κ1) is 24.7. The van der Waals surface area contributed by atoms with Gasteiger partial charge in [-0.3, -0.25) is 4.79 Å². The number of tetrazole rings is 1. The summed E-state index contributed by atoms with van der Waals surface area (Å²) in [6, 6.07) is 18.5. The molecule has 2 N–H and O–H groups in total. The fourth-order valence-electron chi connectivity index (χ4n) is 3.56. The molecule has 0 unspecified atom stereocenters. The van der Waals surface area contributed by atoms with Crippen molar-refractivity contribution < 1.29 is 13.2 Å². The average Bonchev–Trinajstić information content (AvgIpc) is 3.54. The molecule has 0 fully saturated rings. The molecule has 13 nitrogen and oxygen atoms in total. The number of carbonyl (C=O) groups is 1. The van der Waals surface area contributed by atoms with Crippen LogP contribution in [-0.4, -0.2) is 54.3 Å². The topological polar surface area (TPSA) is 162 Å². The summed E-state index contributed by atoms with van der Waals surface area (Å²) in [5.41, 5.74) is 2.69. The highest BCUT2D eigenvalue weighted by atomic mass is 32.2. The fraction of sp³-hybridized carbons (Fsp3) is 0.125. The maximum absolute atomic E-state index is 12.7. The van der Waals surface area contributed by atoms with Gasteiger partial charge in [-0.25, -0.2) is 27.8 Å². The smallest absolute Gasteiger partial charge is 0.276 e. The molecule has 2 aromatic carbocycles. The number of carbonyl (C=O) groups excluding carboxylic acids is 1. The summed E-state index contributed by atoms with van der Waals surface area (Å²) in [5, 5.41) is 19.4. The van der Waals surface area contributed by atoms with E-state index in [0.717, 1.165) is 5.56 Å². The van der Waals surface area contributed by atoms with Gasteiger partial charge < -0.3 is 5.32 Å². The van der Waals surface area contributed by atoms with Gasteiger partial charge in [0.25, 0.3) is 15.9 Å². The zero-order valence-corrected chi connectivity index (χ0v) is 21.2. The molecule has 14 heteroatoms. The van der Waals surface area contributed by atoms with Crippen molar-refractivity contribution in [1.82, 2.24) is 40.0 Å². The van der Waals surface area contributed by atoms with Crippen LogP contribution in [-0.2, 0) is 16.7 Å². The molecular weight excluding hydrogens is 508 g/mol. The van der Waals surface area contributed by atoms with Crippen molar-refractivity contribution in [3.8, 4) is 11.4 Å². The zero-order valence-electron chi connectivity index (χ0n) is 20.3. The van der Waals surface area contributed by atoms with Gasteiger partial charge in [-0.2, -0.15) is 5.10 Å². The minimum Gasteiger partial charge on any atom is -0.321 e. The van der Waals surface area contributed by atoms with Gasteiger partial charge in [0.05, 0.1) is 4.90 Å². The third kappa shape index (κ3) is 5.70. The van der Waals surface area contributed by atoms with E-state index in [1.807, 2.05) is 30.3 Å². The maximum Gasteiger partial charge on any atom is 0.276 e. The largest absolute Gasteiger partial charge is 0.321 e. The molecule has 192 valence electrons. The second kappa shape index (κ2) is 10.2. The number of hydrogen-bond acceptors (Lipinski definition) is 9. The fourth-order valence-corrected chi connectivity index (χ4v) is 4.50. The van der Waals surface area contributed by atoms with Crippen molar-refractivity contribution >= 4 is 27.6 Å². The van der Waals surface area contributed by atoms with Crippen LogP contribution >= 0.6 is 0 Å². The molecule has 3 heterocycles. The Morgan fingerprint density at radius 1 is 0.921 bits per heavy atom. The molecule has 0 saturated carbocycles. The van der Waals surface area contributed by atoms with Crippen LogP contribution in [0.1, 0.15) is 21.9 Å². The quantitative estimate of drug-likeness (QED) is 0.307. The normalized spacial score (nSPS) is 11.3. The summed E-state index contributed by atoms with van der Waals surface area (Å²) in [5.74, 6) is 0.0170. The molecule has 0 saturated heterocycles. The zero-order chi connectivity index (χ0) is 26.7. The number of rotatable bonds is 8. The van der Waals surface area contributed by atoms with Crippen molar-refractivity contribution in [3.63, 3.8) is 0 Å². The number of benzene rings is 2. The van der Waals surface area contributed by atoms with E-state index in [1.54, 1.807) is 32.2 Å². The third-order valence-electron chi connectivity index (χ3n) is 5.26. The molecule has 0 aliphatic heterocycles. The van der Waals surface area contributed by atoms with E-state index in [9.17, 15) is 13.2 Å². The highest BCUT2D eigenvalue weighted by molar-refractivity contribution is 7.92. The van der Waals surface area contributed by atoms with Crippen molar-refractivity contribution in [1.29, 1.82) is 0 Å². The highest BCUT2D eigenvalue weighted by Gasteiger charge is 2.17. The number of nitrogens with zero attached hydrogens (tertiary/aromatic N) is 8. The van der Waals surface area contributed by atoms with Gasteiger partial charge in [-0.05, 0) is 55.5 Å². The number of sulfonamides is 1. The minimum atomic E-state index is -3.91. The molecule has 0 aliphatic rings. The highest BCUT2D eigenvalue weighted by Crippen LogP contribution is 2.18. The van der Waals surface area contributed by atoms with Crippen LogP contribution in [0, 0.1) is 13.8 Å². The number of hydrogen-bond donors (Lipinski definition) is 2. The molecule has 0 bridgehead atoms. The standard InChI is InChI=1S/C24H22N10O3S/c1-16-14-17(2)26-24(25-16)31-38(36,37)20-10-8-19(9-11-20)27-23(35)21-12-13-33(29-21)15-34-30-22(28-32-34)18-6-4-3-5-7-18/h3-14H,15H2,1-2H3,(H,27,35)(H,25,26,31). The molecule has 0 aliphatic carbocycles. The Bertz CT molecular complexity index is 1680. The molecule has 0 spiro atoms. The van der Waals surface area contributed by atoms with Gasteiger partial charge in [0.2, 0.25) is 11.8 Å². The average molecular weight is 531 g/mol. The van der Waals surface area contributed by atoms with Gasteiger partial charge in [-0.15, -0.1) is 15.0 Å². The van der Waals surface area contributed by atoms with Crippen LogP contribution in [0.15, 0.2) is 77.8 Å². The first-order chi connectivity index (χ1) is 18.2. The minimum absolute atomic E-state index is 0.00209. The van der Waals surface area contributed by atoms with Crippen LogP contribution in [0.25, 0.3) is 11.4 Å². The summed E-state index contributed by atoms with van der Waals surface area (Å²) in [6.45, 7) is 3.66. The van der Waals surface area contributed by atoms with Crippen molar-refractivity contribution in [2.24, 2.45) is 0 Å². The van der Waals surface area contributed by atoms with Crippen LogP contribution in [0.4, 0.5) is 11.6 Å². The Morgan fingerprint density at radius 3 is 2.34 bits per heavy atom. The molecule has 1 amide bonds. The molecule has 5 aromatic rings. The number of anilines is 2. The van der Waals surface area contributed by atoms with Crippen LogP contribution < -0.4 is 10.0 Å². The predicted molar refractivity (Wildman–Crippen MR) is 138 cm³/mol. The number of nitrogens with one attached hydrogen (secondary N) is 2. The van der Waals surface area contributed by atoms with Crippen molar-refractivity contribution in [2.75, 3.05) is 10.0 Å². The third-order valence-corrected chi connectivity index (χ3v) is 6.60. The summed E-state index contributed by atoms with van der Waals surface area (Å²) < 4.78 is 29.3. The summed E-state index contributed by atoms with van der Waals surface area (Å²) in [7, 11) is -3.91. The van der Waals surface area contributed by atoms with E-state index in [4.69, 9.17) is 0 Å². The van der Waals surface area contributed by atoms with E-state index in [0.29, 0.717) is 22.9 Å². The van der Waals surface area contributed by atoms with Gasteiger partial charge in [0, 0.05) is 28.8 Å². The van der Waals surface area contributed by atoms with E-state index in [-0.39, 0.29) is 23.2 Å². The van der Waals surface area contributed by atoms with Crippen molar-refractivity contribution in [3.05, 3.63) is 90.0 Å². The Labute approximate surface area is 217 Å². The van der Waals surface area contributed by atoms with Crippen LogP contribution in [0.2, 0.25) is 0 Å². The first-order valence-electron chi connectivity index (χ1n) is 11.4. The second-order valence-electron chi connectivity index (χ2n) is 8.29. The van der Waals surface area contributed by atoms with E-state index in [1.165, 1.54) is 33.7 Å². The molecule has 3 aromatic heterocycles. The summed E-state index contributed by atoms with van der Waals surface area (Å²) >= 11 is 0. The number of amides is 1. The monoisotopic (exact) mass is 530 g/mol. The van der Waals surface area contributed by atoms with E-state index >= 15 is 0 Å². The lowest BCUT2D eigenvalue weighted by atomic mass is 10.2. The van der Waals surface area contributed by atoms with Crippen molar-refractivity contribution in [2.45, 2.75) is 25.4 Å². The van der Waals surface area contributed by atoms with Crippen LogP contribution in [0.5, 0.6) is 0 Å². The van der Waals surface area contributed by atoms with E-state index < -0.39 is 15.9 Å². The summed E-state index contributed by atoms with van der Waals surface area (Å²) in [6.07, 6.45) is 1.62. The number of aromatic nitrogens is 8. The lowest BCUT2D eigenvalue weighted by molar-refractivity contribution is 0.102. The molecule has 0 radical (unpaired) electrons. The molecule has 0 atom stereocenters. The molecular formula is C24H22N10O3S. The van der Waals surface area contributed by atoms with Crippen LogP contribution in [0.3, 0.4) is 0 Å². The lowest BCUT2D eigenvalue weighted by Gasteiger charge is -2.09. The SMILES string of the molecule is Cc1cc(C)nc(NS(=O)(=O)c2ccc(NC(=O)c3ccn(Cn4nnc(-c5ccccc5)n4)n3)cc2)n1.